The van der Waals surface area contributed by atoms with E-state index in [1.165, 1.54) is 42.2 Å². The molecular weight excluding hydrogens is 471 g/mol. The predicted octanol–water partition coefficient (Wildman–Crippen LogP) is 4.57. The lowest BCUT2D eigenvalue weighted by molar-refractivity contribution is 0.0749. The molecule has 11 heteroatoms. The molecule has 2 aromatic heterocycles. The number of benzene rings is 1. The highest BCUT2D eigenvalue weighted by Crippen LogP contribution is 2.27. The maximum absolute atomic E-state index is 14.2. The number of amides is 1. The molecule has 3 rings (SSSR count). The average Bonchev–Trinajstić information content (AvgIpc) is 3.18. The molecule has 8 nitrogen and oxygen atoms in total. The van der Waals surface area contributed by atoms with Gasteiger partial charge < -0.3 is 9.64 Å². The molecule has 0 saturated heterocycles. The van der Waals surface area contributed by atoms with Crippen LogP contribution in [0.25, 0.3) is 5.69 Å². The van der Waals surface area contributed by atoms with Crippen LogP contribution in [0.5, 0.6) is 0 Å². The van der Waals surface area contributed by atoms with Crippen molar-refractivity contribution >= 4 is 27.5 Å². The molecule has 0 N–H and O–H groups in total. The zero-order valence-corrected chi connectivity index (χ0v) is 20.4. The molecule has 33 heavy (non-hydrogen) atoms. The summed E-state index contributed by atoms with van der Waals surface area (Å²) in [4.78, 5) is 17.5. The summed E-state index contributed by atoms with van der Waals surface area (Å²) in [6, 6.07) is 8.24. The molecule has 0 unspecified atom stereocenters. The van der Waals surface area contributed by atoms with Crippen LogP contribution in [0.2, 0.25) is 5.15 Å². The SMILES string of the molecule is Cc1c(F)cccc1-n1nc(COC(=O)N(C)C(C)(C)C)cc1S(=O)(=O)c1ccc(Cl)nc1. The minimum atomic E-state index is -4.12. The van der Waals surface area contributed by atoms with Gasteiger partial charge in [-0.05, 0) is 52.0 Å². The normalized spacial score (nSPS) is 12.0. The van der Waals surface area contributed by atoms with Gasteiger partial charge in [-0.2, -0.15) is 5.10 Å². The summed E-state index contributed by atoms with van der Waals surface area (Å²) < 4.78 is 47.4. The summed E-state index contributed by atoms with van der Waals surface area (Å²) in [5.74, 6) is -0.515. The lowest BCUT2D eigenvalue weighted by Gasteiger charge is -2.30. The number of aromatic nitrogens is 3. The van der Waals surface area contributed by atoms with Gasteiger partial charge in [-0.25, -0.2) is 27.3 Å². The van der Waals surface area contributed by atoms with Gasteiger partial charge >= 0.3 is 6.09 Å². The van der Waals surface area contributed by atoms with Crippen molar-refractivity contribution in [1.82, 2.24) is 19.7 Å². The molecule has 0 aliphatic heterocycles. The lowest BCUT2D eigenvalue weighted by atomic mass is 10.1. The van der Waals surface area contributed by atoms with Gasteiger partial charge in [0.15, 0.2) is 5.03 Å². The molecule has 0 atom stereocenters. The number of hydrogen-bond acceptors (Lipinski definition) is 6. The van der Waals surface area contributed by atoms with Gasteiger partial charge in [0.2, 0.25) is 9.84 Å². The number of ether oxygens (including phenoxy) is 1. The fourth-order valence-corrected chi connectivity index (χ4v) is 4.27. The van der Waals surface area contributed by atoms with Crippen molar-refractivity contribution in [2.75, 3.05) is 7.05 Å². The molecule has 3 aromatic rings. The summed E-state index contributed by atoms with van der Waals surface area (Å²) >= 11 is 5.79. The smallest absolute Gasteiger partial charge is 0.410 e. The molecule has 2 heterocycles. The van der Waals surface area contributed by atoms with E-state index in [2.05, 4.69) is 10.1 Å². The fourth-order valence-electron chi connectivity index (χ4n) is 2.82. The van der Waals surface area contributed by atoms with E-state index >= 15 is 0 Å². The molecule has 1 aromatic carbocycles. The summed E-state index contributed by atoms with van der Waals surface area (Å²) in [5.41, 5.74) is 0.155. The molecule has 176 valence electrons. The Morgan fingerprint density at radius 1 is 1.24 bits per heavy atom. The number of nitrogens with zero attached hydrogens (tertiary/aromatic N) is 4. The quantitative estimate of drug-likeness (QED) is 0.482. The summed E-state index contributed by atoms with van der Waals surface area (Å²) in [6.45, 7) is 6.79. The largest absolute Gasteiger partial charge is 0.443 e. The Hall–Kier alpha value is -2.98. The van der Waals surface area contributed by atoms with Crippen LogP contribution in [0, 0.1) is 12.7 Å². The zero-order chi connectivity index (χ0) is 24.6. The van der Waals surface area contributed by atoms with Crippen LogP contribution < -0.4 is 0 Å². The van der Waals surface area contributed by atoms with Crippen molar-refractivity contribution in [2.24, 2.45) is 0 Å². The van der Waals surface area contributed by atoms with Crippen molar-refractivity contribution < 1.29 is 22.3 Å². The van der Waals surface area contributed by atoms with E-state index in [9.17, 15) is 17.6 Å². The molecule has 0 fully saturated rings. The maximum Gasteiger partial charge on any atom is 0.410 e. The molecule has 0 spiro atoms. The number of halogens is 2. The van der Waals surface area contributed by atoms with E-state index in [4.69, 9.17) is 16.3 Å². The molecular formula is C22H24ClFN4O4S. The topological polar surface area (TPSA) is 94.4 Å². The van der Waals surface area contributed by atoms with Crippen molar-refractivity contribution in [3.63, 3.8) is 0 Å². The number of rotatable bonds is 5. The Bertz CT molecular complexity index is 1280. The Balaban J connectivity index is 2.06. The van der Waals surface area contributed by atoms with E-state index in [1.54, 1.807) is 13.1 Å². The zero-order valence-electron chi connectivity index (χ0n) is 18.8. The molecule has 1 amide bonds. The number of pyridine rings is 1. The van der Waals surface area contributed by atoms with Gasteiger partial charge in [0.05, 0.1) is 10.6 Å². The van der Waals surface area contributed by atoms with E-state index in [0.29, 0.717) is 0 Å². The monoisotopic (exact) mass is 494 g/mol. The molecule has 0 aliphatic carbocycles. The standard InChI is InChI=1S/C22H24ClFN4O4S/c1-14-17(24)7-6-8-18(14)28-20(33(30,31)16-9-10-19(23)25-12-16)11-15(26-28)13-32-21(29)27(5)22(2,3)4/h6-12H,13H2,1-5H3. The van der Waals surface area contributed by atoms with Gasteiger partial charge in [0, 0.05) is 30.4 Å². The first kappa shape index (κ1) is 24.7. The number of hydrogen-bond donors (Lipinski definition) is 0. The Labute approximate surface area is 196 Å². The second-order valence-electron chi connectivity index (χ2n) is 8.37. The van der Waals surface area contributed by atoms with E-state index in [0.717, 1.165) is 10.9 Å². The minimum absolute atomic E-state index is 0.113. The van der Waals surface area contributed by atoms with Gasteiger partial charge in [-0.3, -0.25) is 0 Å². The second kappa shape index (κ2) is 9.11. The predicted molar refractivity (Wildman–Crippen MR) is 121 cm³/mol. The minimum Gasteiger partial charge on any atom is -0.443 e. The van der Waals surface area contributed by atoms with Crippen molar-refractivity contribution in [1.29, 1.82) is 0 Å². The first-order valence-electron chi connectivity index (χ1n) is 9.94. The highest BCUT2D eigenvalue weighted by atomic mass is 35.5. The van der Waals surface area contributed by atoms with E-state index in [-0.39, 0.29) is 38.6 Å². The first-order valence-corrected chi connectivity index (χ1v) is 11.8. The Kier molecular flexibility index (Phi) is 6.80. The molecule has 0 radical (unpaired) electrons. The third kappa shape index (κ3) is 5.17. The van der Waals surface area contributed by atoms with Crippen LogP contribution in [0.3, 0.4) is 0 Å². The number of carbonyl (C=O) groups excluding carboxylic acids is 1. The van der Waals surface area contributed by atoms with Crippen LogP contribution in [0.4, 0.5) is 9.18 Å². The van der Waals surface area contributed by atoms with E-state index < -0.39 is 27.3 Å². The van der Waals surface area contributed by atoms with Crippen molar-refractivity contribution in [3.05, 3.63) is 64.8 Å². The summed E-state index contributed by atoms with van der Waals surface area (Å²) in [6.07, 6.45) is 0.538. The van der Waals surface area contributed by atoms with Crippen LogP contribution in [0.1, 0.15) is 32.0 Å². The van der Waals surface area contributed by atoms with Crippen molar-refractivity contribution in [3.8, 4) is 5.69 Å². The van der Waals surface area contributed by atoms with Gasteiger partial charge in [-0.15, -0.1) is 0 Å². The van der Waals surface area contributed by atoms with E-state index in [1.807, 2.05) is 20.8 Å². The Morgan fingerprint density at radius 3 is 2.55 bits per heavy atom. The highest BCUT2D eigenvalue weighted by Gasteiger charge is 2.28. The van der Waals surface area contributed by atoms with Crippen LogP contribution in [-0.2, 0) is 21.2 Å². The van der Waals surface area contributed by atoms with Crippen LogP contribution >= 0.6 is 11.6 Å². The number of carbonyl (C=O) groups is 1. The first-order chi connectivity index (χ1) is 15.3. The average molecular weight is 495 g/mol. The molecule has 0 aliphatic rings. The molecule has 0 bridgehead atoms. The van der Waals surface area contributed by atoms with Crippen LogP contribution in [0.15, 0.2) is 52.5 Å². The van der Waals surface area contributed by atoms with Gasteiger partial charge in [0.25, 0.3) is 0 Å². The highest BCUT2D eigenvalue weighted by molar-refractivity contribution is 7.91. The lowest BCUT2D eigenvalue weighted by Crippen LogP contribution is -2.42. The third-order valence-electron chi connectivity index (χ3n) is 5.10. The van der Waals surface area contributed by atoms with Gasteiger partial charge in [-0.1, -0.05) is 17.7 Å². The third-order valence-corrected chi connectivity index (χ3v) is 7.03. The fraction of sp³-hybridized carbons (Fsp3) is 0.318. The summed E-state index contributed by atoms with van der Waals surface area (Å²) in [7, 11) is -2.52. The summed E-state index contributed by atoms with van der Waals surface area (Å²) in [5, 5.41) is 4.23. The Morgan fingerprint density at radius 2 is 1.94 bits per heavy atom. The number of sulfone groups is 1. The van der Waals surface area contributed by atoms with Gasteiger partial charge in [0.1, 0.15) is 23.3 Å². The maximum atomic E-state index is 14.2. The second-order valence-corrected chi connectivity index (χ2v) is 10.7. The van der Waals surface area contributed by atoms with Crippen molar-refractivity contribution in [2.45, 2.75) is 49.8 Å². The van der Waals surface area contributed by atoms with Crippen LogP contribution in [-0.4, -0.2) is 46.8 Å². The molecule has 0 saturated carbocycles.